The molecular weight excluding hydrogens is 448 g/mol. The van der Waals surface area contributed by atoms with Gasteiger partial charge in [-0.15, -0.1) is 11.8 Å². The van der Waals surface area contributed by atoms with Crippen LogP contribution in [-0.4, -0.2) is 46.0 Å². The zero-order valence-electron chi connectivity index (χ0n) is 20.6. The number of thioether (sulfide) groups is 1. The number of nitrogens with zero attached hydrogens (tertiary/aromatic N) is 2. The van der Waals surface area contributed by atoms with Gasteiger partial charge in [0.25, 0.3) is 0 Å². The molecular formula is C27H34N2O4S. The number of carbonyl (C=O) groups is 1. The number of carboxylic acid groups (broad SMARTS) is 1. The van der Waals surface area contributed by atoms with Crippen LogP contribution < -0.4 is 0 Å². The minimum atomic E-state index is -0.868. The predicted octanol–water partition coefficient (Wildman–Crippen LogP) is 5.49. The van der Waals surface area contributed by atoms with Gasteiger partial charge in [-0.1, -0.05) is 42.0 Å². The second-order valence-corrected chi connectivity index (χ2v) is 10.7. The normalized spacial score (nSPS) is 11.8. The highest BCUT2D eigenvalue weighted by Gasteiger charge is 2.28. The molecule has 3 aromatic rings. The number of aliphatic carboxylic acids is 1. The molecule has 0 aliphatic heterocycles. The molecule has 2 aromatic carbocycles. The molecule has 0 atom stereocenters. The molecule has 7 heteroatoms. The summed E-state index contributed by atoms with van der Waals surface area (Å²) in [7, 11) is 1.70. The fourth-order valence-electron chi connectivity index (χ4n) is 3.61. The fourth-order valence-corrected chi connectivity index (χ4v) is 4.56. The molecule has 0 saturated carbocycles. The SMILES string of the molecule is COCCN(Cc1ccc(SC(C)(C)C(=O)O)cc1)Cc1nc(Cc2cccc(C)c2)oc1C. The molecule has 1 heterocycles. The number of benzene rings is 2. The van der Waals surface area contributed by atoms with E-state index in [0.717, 1.165) is 40.9 Å². The number of carboxylic acids is 1. The molecule has 34 heavy (non-hydrogen) atoms. The molecule has 3 rings (SSSR count). The third kappa shape index (κ3) is 7.45. The van der Waals surface area contributed by atoms with Crippen molar-refractivity contribution in [2.45, 2.75) is 56.8 Å². The van der Waals surface area contributed by atoms with Crippen molar-refractivity contribution in [3.63, 3.8) is 0 Å². The second kappa shape index (κ2) is 11.7. The van der Waals surface area contributed by atoms with Crippen LogP contribution >= 0.6 is 11.8 Å². The van der Waals surface area contributed by atoms with E-state index in [-0.39, 0.29) is 0 Å². The predicted molar refractivity (Wildman–Crippen MR) is 135 cm³/mol. The standard InChI is InChI=1S/C27H34N2O4S/c1-19-7-6-8-22(15-19)16-25-28-24(20(2)33-25)18-29(13-14-32-5)17-21-9-11-23(12-10-21)34-27(3,4)26(30)31/h6-12,15H,13-14,16-18H2,1-5H3,(H,30,31). The Hall–Kier alpha value is -2.61. The van der Waals surface area contributed by atoms with Crippen LogP contribution in [0.4, 0.5) is 0 Å². The highest BCUT2D eigenvalue weighted by Crippen LogP contribution is 2.32. The van der Waals surface area contributed by atoms with E-state index in [9.17, 15) is 9.90 Å². The van der Waals surface area contributed by atoms with Gasteiger partial charge < -0.3 is 14.3 Å². The van der Waals surface area contributed by atoms with Crippen LogP contribution in [0.3, 0.4) is 0 Å². The Morgan fingerprint density at radius 3 is 2.50 bits per heavy atom. The van der Waals surface area contributed by atoms with E-state index in [1.165, 1.54) is 22.9 Å². The quantitative estimate of drug-likeness (QED) is 0.342. The molecule has 1 N–H and O–H groups in total. The van der Waals surface area contributed by atoms with E-state index in [2.05, 4.69) is 48.2 Å². The van der Waals surface area contributed by atoms with E-state index >= 15 is 0 Å². The number of methoxy groups -OCH3 is 1. The number of aryl methyl sites for hydroxylation is 2. The van der Waals surface area contributed by atoms with Crippen LogP contribution in [-0.2, 0) is 29.0 Å². The van der Waals surface area contributed by atoms with Gasteiger partial charge in [-0.3, -0.25) is 9.69 Å². The first-order valence-corrected chi connectivity index (χ1v) is 12.2. The monoisotopic (exact) mass is 482 g/mol. The highest BCUT2D eigenvalue weighted by molar-refractivity contribution is 8.01. The van der Waals surface area contributed by atoms with Crippen molar-refractivity contribution in [1.82, 2.24) is 9.88 Å². The minimum absolute atomic E-state index is 0.619. The van der Waals surface area contributed by atoms with Gasteiger partial charge in [0.2, 0.25) is 0 Å². The maximum Gasteiger partial charge on any atom is 0.319 e. The third-order valence-electron chi connectivity index (χ3n) is 5.58. The molecule has 0 unspecified atom stereocenters. The largest absolute Gasteiger partial charge is 0.480 e. The lowest BCUT2D eigenvalue weighted by molar-refractivity contribution is -0.138. The minimum Gasteiger partial charge on any atom is -0.480 e. The van der Waals surface area contributed by atoms with E-state index in [4.69, 9.17) is 14.1 Å². The van der Waals surface area contributed by atoms with Crippen LogP contribution in [0.15, 0.2) is 57.8 Å². The summed E-state index contributed by atoms with van der Waals surface area (Å²) in [5.74, 6) is 0.747. The summed E-state index contributed by atoms with van der Waals surface area (Å²) < 4.78 is 10.4. The zero-order chi connectivity index (χ0) is 24.7. The van der Waals surface area contributed by atoms with E-state index < -0.39 is 10.7 Å². The Balaban J connectivity index is 1.68. The van der Waals surface area contributed by atoms with Crippen molar-refractivity contribution in [1.29, 1.82) is 0 Å². The average Bonchev–Trinajstić information content (AvgIpc) is 3.11. The number of hydrogen-bond acceptors (Lipinski definition) is 6. The Morgan fingerprint density at radius 1 is 1.12 bits per heavy atom. The summed E-state index contributed by atoms with van der Waals surface area (Å²) in [5.41, 5.74) is 4.50. The van der Waals surface area contributed by atoms with E-state index in [1.54, 1.807) is 21.0 Å². The molecule has 0 bridgehead atoms. The Labute approximate surface area is 206 Å². The summed E-state index contributed by atoms with van der Waals surface area (Å²) in [6, 6.07) is 16.5. The second-order valence-electron chi connectivity index (χ2n) is 9.04. The molecule has 182 valence electrons. The Kier molecular flexibility index (Phi) is 8.94. The third-order valence-corrected chi connectivity index (χ3v) is 6.77. The Bertz CT molecular complexity index is 1090. The van der Waals surface area contributed by atoms with Crippen LogP contribution in [0, 0.1) is 13.8 Å². The van der Waals surface area contributed by atoms with Gasteiger partial charge in [-0.25, -0.2) is 4.98 Å². The number of ether oxygens (including phenoxy) is 1. The fraction of sp³-hybridized carbons (Fsp3) is 0.407. The summed E-state index contributed by atoms with van der Waals surface area (Å²) in [6.07, 6.45) is 0.673. The first kappa shape index (κ1) is 26.0. The van der Waals surface area contributed by atoms with Gasteiger partial charge >= 0.3 is 5.97 Å². The molecule has 1 aromatic heterocycles. The van der Waals surface area contributed by atoms with Crippen molar-refractivity contribution >= 4 is 17.7 Å². The first-order chi connectivity index (χ1) is 16.2. The lowest BCUT2D eigenvalue weighted by atomic mass is 10.1. The maximum atomic E-state index is 11.4. The zero-order valence-corrected chi connectivity index (χ0v) is 21.4. The van der Waals surface area contributed by atoms with Crippen molar-refractivity contribution < 1.29 is 19.1 Å². The van der Waals surface area contributed by atoms with Crippen LogP contribution in [0.5, 0.6) is 0 Å². The van der Waals surface area contributed by atoms with Gasteiger partial charge in [-0.05, 0) is 51.0 Å². The number of hydrogen-bond donors (Lipinski definition) is 1. The summed E-state index contributed by atoms with van der Waals surface area (Å²) in [6.45, 7) is 10.3. The van der Waals surface area contributed by atoms with Gasteiger partial charge in [0.15, 0.2) is 5.89 Å². The lowest BCUT2D eigenvalue weighted by Gasteiger charge is -2.22. The Morgan fingerprint density at radius 2 is 1.85 bits per heavy atom. The average molecular weight is 483 g/mol. The van der Waals surface area contributed by atoms with E-state index in [1.807, 2.05) is 19.1 Å². The van der Waals surface area contributed by atoms with Gasteiger partial charge in [-0.2, -0.15) is 0 Å². The van der Waals surface area contributed by atoms with Gasteiger partial charge in [0.1, 0.15) is 10.5 Å². The van der Waals surface area contributed by atoms with Crippen LogP contribution in [0.25, 0.3) is 0 Å². The summed E-state index contributed by atoms with van der Waals surface area (Å²) in [5, 5.41) is 9.36. The van der Waals surface area contributed by atoms with Crippen molar-refractivity contribution in [3.05, 3.63) is 82.6 Å². The van der Waals surface area contributed by atoms with Crippen molar-refractivity contribution in [2.24, 2.45) is 0 Å². The van der Waals surface area contributed by atoms with Crippen molar-refractivity contribution in [3.8, 4) is 0 Å². The molecule has 0 fully saturated rings. The number of rotatable bonds is 12. The summed E-state index contributed by atoms with van der Waals surface area (Å²) in [4.78, 5) is 19.4. The first-order valence-electron chi connectivity index (χ1n) is 11.4. The number of oxazole rings is 1. The van der Waals surface area contributed by atoms with Crippen molar-refractivity contribution in [2.75, 3.05) is 20.3 Å². The smallest absolute Gasteiger partial charge is 0.319 e. The van der Waals surface area contributed by atoms with Crippen LogP contribution in [0.2, 0.25) is 0 Å². The molecule has 0 radical (unpaired) electrons. The van der Waals surface area contributed by atoms with E-state index in [0.29, 0.717) is 19.6 Å². The highest BCUT2D eigenvalue weighted by atomic mass is 32.2. The molecule has 0 saturated heterocycles. The maximum absolute atomic E-state index is 11.4. The summed E-state index contributed by atoms with van der Waals surface area (Å²) >= 11 is 1.35. The molecule has 0 amide bonds. The lowest BCUT2D eigenvalue weighted by Crippen LogP contribution is -2.27. The topological polar surface area (TPSA) is 75.8 Å². The molecule has 0 aliphatic carbocycles. The van der Waals surface area contributed by atoms with Gasteiger partial charge in [0, 0.05) is 38.1 Å². The molecule has 6 nitrogen and oxygen atoms in total. The number of aromatic nitrogens is 1. The molecule has 0 aliphatic rings. The van der Waals surface area contributed by atoms with Gasteiger partial charge in [0.05, 0.1) is 12.3 Å². The molecule has 0 spiro atoms. The van der Waals surface area contributed by atoms with Crippen LogP contribution in [0.1, 0.15) is 47.9 Å².